The van der Waals surface area contributed by atoms with E-state index in [1.165, 1.54) is 16.7 Å². The normalized spacial score (nSPS) is 10.8. The van der Waals surface area contributed by atoms with E-state index < -0.39 is 0 Å². The van der Waals surface area contributed by atoms with E-state index in [1.54, 1.807) is 0 Å². The predicted octanol–water partition coefficient (Wildman–Crippen LogP) is 1.36. The second kappa shape index (κ2) is 9.09. The molecule has 0 bridgehead atoms. The molecule has 0 aliphatic carbocycles. The van der Waals surface area contributed by atoms with E-state index in [-0.39, 0.29) is 0 Å². The van der Waals surface area contributed by atoms with E-state index in [4.69, 9.17) is 17.2 Å². The second-order valence-corrected chi connectivity index (χ2v) is 4.73. The van der Waals surface area contributed by atoms with Crippen molar-refractivity contribution < 1.29 is 0 Å². The fraction of sp³-hybridized carbons (Fsp3) is 0.600. The molecule has 0 amide bonds. The molecular weight excluding hydrogens is 222 g/mol. The van der Waals surface area contributed by atoms with Crippen molar-refractivity contribution in [1.82, 2.24) is 0 Å². The first-order valence-corrected chi connectivity index (χ1v) is 7.03. The van der Waals surface area contributed by atoms with Crippen molar-refractivity contribution in [3.8, 4) is 0 Å². The van der Waals surface area contributed by atoms with Gasteiger partial charge in [0.05, 0.1) is 0 Å². The summed E-state index contributed by atoms with van der Waals surface area (Å²) in [7, 11) is 0. The highest BCUT2D eigenvalue weighted by Gasteiger charge is 2.07. The summed E-state index contributed by atoms with van der Waals surface area (Å²) in [5, 5.41) is 0. The molecule has 0 atom stereocenters. The summed E-state index contributed by atoms with van der Waals surface area (Å²) in [5.74, 6) is 0. The van der Waals surface area contributed by atoms with Crippen molar-refractivity contribution in [1.29, 1.82) is 0 Å². The smallest absolute Gasteiger partial charge is 0.00741 e. The van der Waals surface area contributed by atoms with Crippen LogP contribution < -0.4 is 17.2 Å². The van der Waals surface area contributed by atoms with E-state index in [0.29, 0.717) is 0 Å². The molecule has 0 aliphatic heterocycles. The molecule has 0 saturated heterocycles. The standard InChI is InChI=1S/C15H27N3/c16-10-2-7-13-5-1-6-14(8-3-11-17)15(13)9-4-12-18/h1,5-6H,2-4,7-12,16-18H2. The number of rotatable bonds is 9. The van der Waals surface area contributed by atoms with E-state index in [0.717, 1.165) is 58.2 Å². The summed E-state index contributed by atoms with van der Waals surface area (Å²) in [4.78, 5) is 0. The van der Waals surface area contributed by atoms with E-state index >= 15 is 0 Å². The van der Waals surface area contributed by atoms with Gasteiger partial charge in [0, 0.05) is 0 Å². The first-order chi connectivity index (χ1) is 8.83. The summed E-state index contributed by atoms with van der Waals surface area (Å²) >= 11 is 0. The molecule has 0 radical (unpaired) electrons. The molecular formula is C15H27N3. The minimum atomic E-state index is 0.752. The van der Waals surface area contributed by atoms with Gasteiger partial charge in [-0.1, -0.05) is 18.2 Å². The summed E-state index contributed by atoms with van der Waals surface area (Å²) in [6, 6.07) is 6.62. The molecule has 0 aliphatic rings. The molecule has 0 saturated carbocycles. The van der Waals surface area contributed by atoms with Crippen LogP contribution in [-0.4, -0.2) is 19.6 Å². The average molecular weight is 249 g/mol. The molecule has 6 N–H and O–H groups in total. The quantitative estimate of drug-likeness (QED) is 0.618. The highest BCUT2D eigenvalue weighted by atomic mass is 14.5. The Morgan fingerprint density at radius 3 is 1.56 bits per heavy atom. The molecule has 3 nitrogen and oxygen atoms in total. The van der Waals surface area contributed by atoms with Crippen LogP contribution in [0.1, 0.15) is 36.0 Å². The fourth-order valence-corrected chi connectivity index (χ4v) is 2.34. The van der Waals surface area contributed by atoms with Crippen molar-refractivity contribution >= 4 is 0 Å². The number of hydrogen-bond donors (Lipinski definition) is 3. The maximum Gasteiger partial charge on any atom is -0.00741 e. The Bertz CT molecular complexity index is 310. The van der Waals surface area contributed by atoms with Gasteiger partial charge in [0.15, 0.2) is 0 Å². The van der Waals surface area contributed by atoms with Gasteiger partial charge in [0.1, 0.15) is 0 Å². The van der Waals surface area contributed by atoms with Crippen LogP contribution in [0.3, 0.4) is 0 Å². The largest absolute Gasteiger partial charge is 0.330 e. The molecule has 1 aromatic carbocycles. The van der Waals surface area contributed by atoms with E-state index in [1.807, 2.05) is 0 Å². The van der Waals surface area contributed by atoms with Crippen LogP contribution in [0.15, 0.2) is 18.2 Å². The van der Waals surface area contributed by atoms with E-state index in [9.17, 15) is 0 Å². The molecule has 1 aromatic rings. The van der Waals surface area contributed by atoms with Gasteiger partial charge in [0.2, 0.25) is 0 Å². The van der Waals surface area contributed by atoms with Gasteiger partial charge in [-0.2, -0.15) is 0 Å². The highest BCUT2D eigenvalue weighted by molar-refractivity contribution is 5.36. The fourth-order valence-electron chi connectivity index (χ4n) is 2.34. The van der Waals surface area contributed by atoms with Gasteiger partial charge in [-0.3, -0.25) is 0 Å². The van der Waals surface area contributed by atoms with Crippen molar-refractivity contribution in [3.05, 3.63) is 34.9 Å². The number of nitrogens with two attached hydrogens (primary N) is 3. The molecule has 0 unspecified atom stereocenters. The van der Waals surface area contributed by atoms with Crippen molar-refractivity contribution in [2.24, 2.45) is 17.2 Å². The van der Waals surface area contributed by atoms with Gasteiger partial charge in [-0.05, 0) is 74.8 Å². The van der Waals surface area contributed by atoms with Crippen LogP contribution in [0.5, 0.6) is 0 Å². The predicted molar refractivity (Wildman–Crippen MR) is 78.6 cm³/mol. The first-order valence-electron chi connectivity index (χ1n) is 7.03. The van der Waals surface area contributed by atoms with Crippen LogP contribution in [0.2, 0.25) is 0 Å². The highest BCUT2D eigenvalue weighted by Crippen LogP contribution is 2.20. The van der Waals surface area contributed by atoms with Crippen LogP contribution in [-0.2, 0) is 19.3 Å². The molecule has 0 heterocycles. The number of aryl methyl sites for hydroxylation is 2. The molecule has 18 heavy (non-hydrogen) atoms. The van der Waals surface area contributed by atoms with Crippen molar-refractivity contribution in [2.75, 3.05) is 19.6 Å². The zero-order valence-electron chi connectivity index (χ0n) is 11.3. The monoisotopic (exact) mass is 249 g/mol. The van der Waals surface area contributed by atoms with Crippen LogP contribution in [0, 0.1) is 0 Å². The third-order valence-electron chi connectivity index (χ3n) is 3.30. The summed E-state index contributed by atoms with van der Waals surface area (Å²) in [6.45, 7) is 2.26. The zero-order valence-corrected chi connectivity index (χ0v) is 11.3. The molecule has 0 spiro atoms. The van der Waals surface area contributed by atoms with Crippen LogP contribution >= 0.6 is 0 Å². The second-order valence-electron chi connectivity index (χ2n) is 4.73. The Labute approximate surface area is 111 Å². The Balaban J connectivity index is 2.85. The van der Waals surface area contributed by atoms with Gasteiger partial charge in [0.25, 0.3) is 0 Å². The lowest BCUT2D eigenvalue weighted by Gasteiger charge is -2.14. The van der Waals surface area contributed by atoms with Crippen LogP contribution in [0.4, 0.5) is 0 Å². The third kappa shape index (κ3) is 4.77. The van der Waals surface area contributed by atoms with Gasteiger partial charge >= 0.3 is 0 Å². The topological polar surface area (TPSA) is 78.1 Å². The Morgan fingerprint density at radius 2 is 1.11 bits per heavy atom. The van der Waals surface area contributed by atoms with Crippen molar-refractivity contribution in [2.45, 2.75) is 38.5 Å². The van der Waals surface area contributed by atoms with Gasteiger partial charge in [-0.25, -0.2) is 0 Å². The molecule has 1 rings (SSSR count). The molecule has 102 valence electrons. The summed E-state index contributed by atoms with van der Waals surface area (Å²) in [6.07, 6.45) is 6.39. The summed E-state index contributed by atoms with van der Waals surface area (Å²) < 4.78 is 0. The van der Waals surface area contributed by atoms with Crippen LogP contribution in [0.25, 0.3) is 0 Å². The van der Waals surface area contributed by atoms with Gasteiger partial charge < -0.3 is 17.2 Å². The molecule has 3 heteroatoms. The van der Waals surface area contributed by atoms with E-state index in [2.05, 4.69) is 18.2 Å². The Hall–Kier alpha value is -0.900. The number of hydrogen-bond acceptors (Lipinski definition) is 3. The Kier molecular flexibility index (Phi) is 7.65. The van der Waals surface area contributed by atoms with Crippen molar-refractivity contribution in [3.63, 3.8) is 0 Å². The number of benzene rings is 1. The molecule has 0 fully saturated rings. The lowest BCUT2D eigenvalue weighted by Crippen LogP contribution is -2.08. The summed E-state index contributed by atoms with van der Waals surface area (Å²) in [5.41, 5.74) is 21.2. The third-order valence-corrected chi connectivity index (χ3v) is 3.30. The maximum absolute atomic E-state index is 5.64. The minimum Gasteiger partial charge on any atom is -0.330 e. The minimum absolute atomic E-state index is 0.752. The first kappa shape index (κ1) is 15.2. The lowest BCUT2D eigenvalue weighted by molar-refractivity contribution is 0.765. The Morgan fingerprint density at radius 1 is 0.667 bits per heavy atom. The lowest BCUT2D eigenvalue weighted by atomic mass is 9.92. The zero-order chi connectivity index (χ0) is 13.2. The SMILES string of the molecule is NCCCc1cccc(CCCN)c1CCCN. The van der Waals surface area contributed by atoms with Gasteiger partial charge in [-0.15, -0.1) is 0 Å². The molecule has 0 aromatic heterocycles. The maximum atomic E-state index is 5.64. The average Bonchev–Trinajstić information content (AvgIpc) is 2.41.